The monoisotopic (exact) mass is 306 g/mol. The van der Waals surface area contributed by atoms with E-state index in [2.05, 4.69) is 10.3 Å². The maximum Gasteiger partial charge on any atom is 0.307 e. The number of carbonyl (C=O) groups excluding carboxylic acids is 1. The summed E-state index contributed by atoms with van der Waals surface area (Å²) in [4.78, 5) is 28.3. The number of anilines is 1. The van der Waals surface area contributed by atoms with Crippen molar-refractivity contribution in [3.05, 3.63) is 22.7 Å². The van der Waals surface area contributed by atoms with Crippen LogP contribution in [0.2, 0.25) is 0 Å². The highest BCUT2D eigenvalue weighted by Gasteiger charge is 2.57. The third-order valence-corrected chi connectivity index (χ3v) is 5.36. The number of thiazole rings is 1. The first-order chi connectivity index (χ1) is 10.0. The van der Waals surface area contributed by atoms with E-state index in [1.54, 1.807) is 11.6 Å². The predicted octanol–water partition coefficient (Wildman–Crippen LogP) is 2.77. The SMILES string of the molecule is CC(C)=C1C2CCC1C(C(=O)Nc1nccs1)C2C(=O)O. The van der Waals surface area contributed by atoms with E-state index in [1.807, 2.05) is 13.8 Å². The Balaban J connectivity index is 1.91. The van der Waals surface area contributed by atoms with E-state index in [1.165, 1.54) is 22.5 Å². The summed E-state index contributed by atoms with van der Waals surface area (Å²) in [5.74, 6) is -2.06. The summed E-state index contributed by atoms with van der Waals surface area (Å²) in [5, 5.41) is 14.7. The van der Waals surface area contributed by atoms with Crippen LogP contribution in [0.1, 0.15) is 26.7 Å². The highest BCUT2D eigenvalue weighted by molar-refractivity contribution is 7.13. The summed E-state index contributed by atoms with van der Waals surface area (Å²) < 4.78 is 0. The molecule has 0 aliphatic heterocycles. The number of amides is 1. The second kappa shape index (κ2) is 5.26. The quantitative estimate of drug-likeness (QED) is 0.842. The molecule has 4 atom stereocenters. The van der Waals surface area contributed by atoms with Gasteiger partial charge in [0.15, 0.2) is 5.13 Å². The molecule has 0 saturated heterocycles. The van der Waals surface area contributed by atoms with Crippen molar-refractivity contribution in [2.24, 2.45) is 23.7 Å². The Kier molecular flexibility index (Phi) is 3.57. The Morgan fingerprint density at radius 1 is 1.29 bits per heavy atom. The van der Waals surface area contributed by atoms with Crippen molar-refractivity contribution in [2.75, 3.05) is 5.32 Å². The van der Waals surface area contributed by atoms with Crippen LogP contribution < -0.4 is 5.32 Å². The van der Waals surface area contributed by atoms with Crippen LogP contribution in [0, 0.1) is 23.7 Å². The zero-order valence-corrected chi connectivity index (χ0v) is 12.8. The van der Waals surface area contributed by atoms with Crippen LogP contribution in [0.5, 0.6) is 0 Å². The van der Waals surface area contributed by atoms with Gasteiger partial charge in [0.1, 0.15) is 0 Å². The molecule has 0 radical (unpaired) electrons. The molecule has 1 aromatic rings. The number of allylic oxidation sites excluding steroid dienone is 2. The summed E-state index contributed by atoms with van der Waals surface area (Å²) >= 11 is 1.34. The van der Waals surface area contributed by atoms with Gasteiger partial charge in [-0.1, -0.05) is 11.1 Å². The number of aliphatic carboxylic acids is 1. The fraction of sp³-hybridized carbons (Fsp3) is 0.533. The first-order valence-electron chi connectivity index (χ1n) is 7.11. The van der Waals surface area contributed by atoms with Crippen LogP contribution >= 0.6 is 11.3 Å². The lowest BCUT2D eigenvalue weighted by Gasteiger charge is -2.25. The number of fused-ring (bicyclic) bond motifs is 2. The molecule has 21 heavy (non-hydrogen) atoms. The summed E-state index contributed by atoms with van der Waals surface area (Å²) in [6, 6.07) is 0. The first-order valence-corrected chi connectivity index (χ1v) is 7.99. The molecule has 4 unspecified atom stereocenters. The van der Waals surface area contributed by atoms with Crippen LogP contribution in [-0.2, 0) is 9.59 Å². The molecule has 5 nitrogen and oxygen atoms in total. The van der Waals surface area contributed by atoms with Gasteiger partial charge in [-0.25, -0.2) is 4.98 Å². The zero-order chi connectivity index (χ0) is 15.1. The zero-order valence-electron chi connectivity index (χ0n) is 12.0. The Morgan fingerprint density at radius 3 is 2.48 bits per heavy atom. The lowest BCUT2D eigenvalue weighted by Crippen LogP contribution is -2.37. The number of rotatable bonds is 3. The van der Waals surface area contributed by atoms with E-state index in [4.69, 9.17) is 0 Å². The van der Waals surface area contributed by atoms with Gasteiger partial charge in [-0.2, -0.15) is 0 Å². The maximum atomic E-state index is 12.6. The minimum Gasteiger partial charge on any atom is -0.481 e. The van der Waals surface area contributed by atoms with Crippen molar-refractivity contribution in [3.8, 4) is 0 Å². The van der Waals surface area contributed by atoms with Crippen molar-refractivity contribution in [1.82, 2.24) is 4.98 Å². The average molecular weight is 306 g/mol. The lowest BCUT2D eigenvalue weighted by molar-refractivity contribution is -0.148. The molecule has 3 rings (SSSR count). The molecule has 112 valence electrons. The Bertz CT molecular complexity index is 604. The normalized spacial score (nSPS) is 30.5. The van der Waals surface area contributed by atoms with Gasteiger partial charge in [-0.05, 0) is 38.5 Å². The summed E-state index contributed by atoms with van der Waals surface area (Å²) in [6.45, 7) is 4.03. The minimum absolute atomic E-state index is 0.0181. The van der Waals surface area contributed by atoms with Crippen molar-refractivity contribution < 1.29 is 14.7 Å². The van der Waals surface area contributed by atoms with Crippen LogP contribution in [0.25, 0.3) is 0 Å². The molecule has 1 aromatic heterocycles. The van der Waals surface area contributed by atoms with E-state index in [0.717, 1.165) is 12.8 Å². The number of nitrogens with one attached hydrogen (secondary N) is 1. The van der Waals surface area contributed by atoms with Crippen molar-refractivity contribution in [3.63, 3.8) is 0 Å². The molecule has 2 fully saturated rings. The molecule has 2 N–H and O–H groups in total. The Hall–Kier alpha value is -1.69. The molecule has 6 heteroatoms. The van der Waals surface area contributed by atoms with Gasteiger partial charge in [-0.15, -0.1) is 11.3 Å². The third kappa shape index (κ3) is 2.27. The number of hydrogen-bond acceptors (Lipinski definition) is 4. The fourth-order valence-electron chi connectivity index (χ4n) is 4.08. The summed E-state index contributed by atoms with van der Waals surface area (Å²) in [5.41, 5.74) is 2.36. The first kappa shape index (κ1) is 14.3. The maximum absolute atomic E-state index is 12.6. The van der Waals surface area contributed by atoms with Gasteiger partial charge in [0, 0.05) is 11.6 Å². The van der Waals surface area contributed by atoms with Crippen LogP contribution in [0.3, 0.4) is 0 Å². The van der Waals surface area contributed by atoms with Gasteiger partial charge in [0.2, 0.25) is 5.91 Å². The third-order valence-electron chi connectivity index (χ3n) is 4.67. The standard InChI is InChI=1S/C15H18N2O3S/c1-7(2)10-8-3-4-9(10)12(14(19)20)11(8)13(18)17-15-16-5-6-21-15/h5-6,8-9,11-12H,3-4H2,1-2H3,(H,19,20)(H,16,17,18). The molecule has 0 aromatic carbocycles. The molecule has 2 bridgehead atoms. The highest BCUT2D eigenvalue weighted by Crippen LogP contribution is 2.57. The van der Waals surface area contributed by atoms with Gasteiger partial charge >= 0.3 is 5.97 Å². The smallest absolute Gasteiger partial charge is 0.307 e. The van der Waals surface area contributed by atoms with Crippen LogP contribution in [-0.4, -0.2) is 22.0 Å². The molecular formula is C15H18N2O3S. The second-order valence-electron chi connectivity index (χ2n) is 5.96. The minimum atomic E-state index is -0.861. The average Bonchev–Trinajstić information content (AvgIpc) is 3.11. The van der Waals surface area contributed by atoms with Gasteiger partial charge in [-0.3, -0.25) is 9.59 Å². The number of carboxylic acids is 1. The van der Waals surface area contributed by atoms with Gasteiger partial charge < -0.3 is 10.4 Å². The van der Waals surface area contributed by atoms with E-state index in [-0.39, 0.29) is 17.7 Å². The number of carbonyl (C=O) groups is 2. The predicted molar refractivity (Wildman–Crippen MR) is 79.9 cm³/mol. The number of hydrogen-bond donors (Lipinski definition) is 2. The second-order valence-corrected chi connectivity index (χ2v) is 6.86. The molecule has 2 aliphatic carbocycles. The van der Waals surface area contributed by atoms with Crippen LogP contribution in [0.4, 0.5) is 5.13 Å². The Labute approximate surface area is 127 Å². The number of aromatic nitrogens is 1. The Morgan fingerprint density at radius 2 is 1.95 bits per heavy atom. The molecule has 2 aliphatic rings. The van der Waals surface area contributed by atoms with Gasteiger partial charge in [0.05, 0.1) is 11.8 Å². The van der Waals surface area contributed by atoms with E-state index in [0.29, 0.717) is 5.13 Å². The molecule has 2 saturated carbocycles. The van der Waals surface area contributed by atoms with E-state index < -0.39 is 17.8 Å². The number of carboxylic acid groups (broad SMARTS) is 1. The van der Waals surface area contributed by atoms with Gasteiger partial charge in [0.25, 0.3) is 0 Å². The fourth-order valence-corrected chi connectivity index (χ4v) is 4.61. The summed E-state index contributed by atoms with van der Waals surface area (Å²) in [6.07, 6.45) is 3.41. The highest BCUT2D eigenvalue weighted by atomic mass is 32.1. The van der Waals surface area contributed by atoms with Crippen molar-refractivity contribution in [2.45, 2.75) is 26.7 Å². The van der Waals surface area contributed by atoms with Crippen LogP contribution in [0.15, 0.2) is 22.7 Å². The largest absolute Gasteiger partial charge is 0.481 e. The van der Waals surface area contributed by atoms with Crippen molar-refractivity contribution in [1.29, 1.82) is 0 Å². The van der Waals surface area contributed by atoms with E-state index in [9.17, 15) is 14.7 Å². The lowest BCUT2D eigenvalue weighted by atomic mass is 9.79. The number of nitrogens with zero attached hydrogens (tertiary/aromatic N) is 1. The topological polar surface area (TPSA) is 79.3 Å². The summed E-state index contributed by atoms with van der Waals surface area (Å²) in [7, 11) is 0. The molecular weight excluding hydrogens is 288 g/mol. The van der Waals surface area contributed by atoms with E-state index >= 15 is 0 Å². The molecule has 1 heterocycles. The van der Waals surface area contributed by atoms with Crippen molar-refractivity contribution >= 4 is 28.3 Å². The molecule has 1 amide bonds. The molecule has 0 spiro atoms.